The average Bonchev–Trinajstić information content (AvgIpc) is 2.55. The van der Waals surface area contributed by atoms with E-state index in [0.29, 0.717) is 22.1 Å². The van der Waals surface area contributed by atoms with Gasteiger partial charge in [-0.25, -0.2) is 0 Å². The van der Waals surface area contributed by atoms with Crippen LogP contribution in [0, 0.1) is 0 Å². The normalized spacial score (nSPS) is 11.4. The number of benzene rings is 2. The summed E-state index contributed by atoms with van der Waals surface area (Å²) in [4.78, 5) is 12.6. The average molecular weight is 363 g/mol. The maximum absolute atomic E-state index is 12.6. The van der Waals surface area contributed by atoms with Gasteiger partial charge in [0.15, 0.2) is 0 Å². The molecule has 0 spiro atoms. The molecule has 0 heterocycles. The monoisotopic (exact) mass is 362 g/mol. The smallest absolute Gasteiger partial charge is 0.223 e. The van der Waals surface area contributed by atoms with Gasteiger partial charge in [-0.15, -0.1) is 0 Å². The number of Topliss-reactive ketones (excluding diaryl/α,β-unsaturated/α-hetero) is 1. The van der Waals surface area contributed by atoms with Crippen molar-refractivity contribution in [3.8, 4) is 11.5 Å². The third-order valence-electron chi connectivity index (χ3n) is 3.19. The van der Waals surface area contributed by atoms with E-state index in [2.05, 4.69) is 0 Å². The molecule has 0 saturated carbocycles. The number of ether oxygens (including phenoxy) is 3. The molecule has 0 bridgehead atoms. The van der Waals surface area contributed by atoms with Crippen molar-refractivity contribution in [2.75, 3.05) is 0 Å². The molecule has 0 N–H and O–H groups in total. The summed E-state index contributed by atoms with van der Waals surface area (Å²) in [7, 11) is 0. The minimum atomic E-state index is -0.914. The molecule has 134 valence electrons. The summed E-state index contributed by atoms with van der Waals surface area (Å²) in [5, 5.41) is 0.648. The highest BCUT2D eigenvalue weighted by atomic mass is 35.5. The SMILES string of the molecule is CC(C)OC(OC(C)C)C(=O)c1ccc(Oc2ccc(Cl)cc2)cc1. The molecule has 0 aliphatic carbocycles. The molecule has 0 unspecified atom stereocenters. The third kappa shape index (κ3) is 6.16. The Hall–Kier alpha value is -1.88. The van der Waals surface area contributed by atoms with Crippen molar-refractivity contribution in [1.29, 1.82) is 0 Å². The van der Waals surface area contributed by atoms with E-state index in [1.165, 1.54) is 0 Å². The van der Waals surface area contributed by atoms with Gasteiger partial charge in [-0.2, -0.15) is 0 Å². The number of hydrogen-bond acceptors (Lipinski definition) is 4. The first kappa shape index (κ1) is 19.4. The lowest BCUT2D eigenvalue weighted by atomic mass is 10.1. The molecule has 5 heteroatoms. The Morgan fingerprint density at radius 2 is 1.24 bits per heavy atom. The maximum Gasteiger partial charge on any atom is 0.223 e. The topological polar surface area (TPSA) is 44.8 Å². The van der Waals surface area contributed by atoms with Crippen LogP contribution in [0.2, 0.25) is 5.02 Å². The Bertz CT molecular complexity index is 668. The van der Waals surface area contributed by atoms with Crippen LogP contribution >= 0.6 is 11.6 Å². The maximum atomic E-state index is 12.6. The summed E-state index contributed by atoms with van der Waals surface area (Å²) in [5.41, 5.74) is 0.509. The van der Waals surface area contributed by atoms with Crippen molar-refractivity contribution in [3.63, 3.8) is 0 Å². The van der Waals surface area contributed by atoms with Gasteiger partial charge < -0.3 is 14.2 Å². The van der Waals surface area contributed by atoms with Gasteiger partial charge >= 0.3 is 0 Å². The van der Waals surface area contributed by atoms with E-state index in [4.69, 9.17) is 25.8 Å². The molecule has 0 fully saturated rings. The number of carbonyl (C=O) groups is 1. The molecule has 0 saturated heterocycles. The summed E-state index contributed by atoms with van der Waals surface area (Å²) < 4.78 is 16.9. The van der Waals surface area contributed by atoms with Crippen LogP contribution in [0.25, 0.3) is 0 Å². The molecule has 4 nitrogen and oxygen atoms in total. The molecule has 2 aromatic rings. The highest BCUT2D eigenvalue weighted by molar-refractivity contribution is 6.30. The van der Waals surface area contributed by atoms with Crippen LogP contribution in [-0.4, -0.2) is 24.3 Å². The Kier molecular flexibility index (Phi) is 7.00. The summed E-state index contributed by atoms with van der Waals surface area (Å²) in [6, 6.07) is 14.0. The van der Waals surface area contributed by atoms with E-state index in [1.807, 2.05) is 27.7 Å². The summed E-state index contributed by atoms with van der Waals surface area (Å²) in [6.07, 6.45) is -1.14. The highest BCUT2D eigenvalue weighted by Crippen LogP contribution is 2.24. The third-order valence-corrected chi connectivity index (χ3v) is 3.45. The van der Waals surface area contributed by atoms with Gasteiger partial charge in [0.1, 0.15) is 11.5 Å². The first-order valence-electron chi connectivity index (χ1n) is 8.23. The van der Waals surface area contributed by atoms with Crippen LogP contribution in [-0.2, 0) is 9.47 Å². The van der Waals surface area contributed by atoms with Crippen LogP contribution < -0.4 is 4.74 Å². The van der Waals surface area contributed by atoms with Crippen LogP contribution in [0.1, 0.15) is 38.1 Å². The zero-order valence-corrected chi connectivity index (χ0v) is 15.6. The van der Waals surface area contributed by atoms with Gasteiger partial charge in [0.05, 0.1) is 12.2 Å². The predicted octanol–water partition coefficient (Wildman–Crippen LogP) is 5.49. The summed E-state index contributed by atoms with van der Waals surface area (Å²) >= 11 is 5.85. The lowest BCUT2D eigenvalue weighted by molar-refractivity contribution is -0.152. The van der Waals surface area contributed by atoms with Crippen LogP contribution in [0.15, 0.2) is 48.5 Å². The lowest BCUT2D eigenvalue weighted by Gasteiger charge is -2.22. The largest absolute Gasteiger partial charge is 0.457 e. The summed E-state index contributed by atoms with van der Waals surface area (Å²) in [5.74, 6) is 1.10. The second-order valence-electron chi connectivity index (χ2n) is 6.15. The fourth-order valence-corrected chi connectivity index (χ4v) is 2.24. The Morgan fingerprint density at radius 1 is 0.800 bits per heavy atom. The van der Waals surface area contributed by atoms with Gasteiger partial charge in [-0.05, 0) is 76.2 Å². The Morgan fingerprint density at radius 3 is 1.68 bits per heavy atom. The van der Waals surface area contributed by atoms with Crippen molar-refractivity contribution in [2.24, 2.45) is 0 Å². The van der Waals surface area contributed by atoms with E-state index in [9.17, 15) is 4.79 Å². The van der Waals surface area contributed by atoms with Gasteiger partial charge in [-0.3, -0.25) is 4.79 Å². The van der Waals surface area contributed by atoms with Crippen LogP contribution in [0.5, 0.6) is 11.5 Å². The highest BCUT2D eigenvalue weighted by Gasteiger charge is 2.24. The van der Waals surface area contributed by atoms with Gasteiger partial charge in [-0.1, -0.05) is 11.6 Å². The van der Waals surface area contributed by atoms with E-state index in [-0.39, 0.29) is 18.0 Å². The number of hydrogen-bond donors (Lipinski definition) is 0. The van der Waals surface area contributed by atoms with Crippen LogP contribution in [0.4, 0.5) is 0 Å². The zero-order valence-electron chi connectivity index (χ0n) is 14.9. The molecule has 0 radical (unpaired) electrons. The zero-order chi connectivity index (χ0) is 18.4. The second-order valence-corrected chi connectivity index (χ2v) is 6.58. The molecule has 0 amide bonds. The molecule has 2 rings (SSSR count). The van der Waals surface area contributed by atoms with Crippen molar-refractivity contribution in [1.82, 2.24) is 0 Å². The van der Waals surface area contributed by atoms with E-state index in [1.54, 1.807) is 48.5 Å². The standard InChI is InChI=1S/C20H23ClO4/c1-13(2)23-20(24-14(3)4)19(22)15-5-9-17(10-6-15)25-18-11-7-16(21)8-12-18/h5-14,20H,1-4H3. The van der Waals surface area contributed by atoms with E-state index in [0.717, 1.165) is 0 Å². The number of carbonyl (C=O) groups excluding carboxylic acids is 1. The lowest BCUT2D eigenvalue weighted by Crippen LogP contribution is -2.32. The fraction of sp³-hybridized carbons (Fsp3) is 0.350. The molecule has 0 aliphatic heterocycles. The number of ketones is 1. The first-order chi connectivity index (χ1) is 11.8. The van der Waals surface area contributed by atoms with Crippen molar-refractivity contribution >= 4 is 17.4 Å². The molecule has 2 aromatic carbocycles. The van der Waals surface area contributed by atoms with Gasteiger partial charge in [0.2, 0.25) is 12.1 Å². The summed E-state index contributed by atoms with van der Waals surface area (Å²) in [6.45, 7) is 7.47. The van der Waals surface area contributed by atoms with Gasteiger partial charge in [0.25, 0.3) is 0 Å². The minimum Gasteiger partial charge on any atom is -0.457 e. The number of rotatable bonds is 8. The number of halogens is 1. The van der Waals surface area contributed by atoms with E-state index >= 15 is 0 Å². The van der Waals surface area contributed by atoms with Crippen LogP contribution in [0.3, 0.4) is 0 Å². The molecule has 0 aromatic heterocycles. The van der Waals surface area contributed by atoms with Gasteiger partial charge in [0, 0.05) is 10.6 Å². The van der Waals surface area contributed by atoms with E-state index < -0.39 is 6.29 Å². The van der Waals surface area contributed by atoms with Crippen molar-refractivity contribution in [2.45, 2.75) is 46.2 Å². The minimum absolute atomic E-state index is 0.111. The second kappa shape index (κ2) is 8.99. The first-order valence-corrected chi connectivity index (χ1v) is 8.61. The van der Waals surface area contributed by atoms with Crippen molar-refractivity contribution in [3.05, 3.63) is 59.1 Å². The fourth-order valence-electron chi connectivity index (χ4n) is 2.11. The molecular formula is C20H23ClO4. The Labute approximate surface area is 153 Å². The Balaban J connectivity index is 2.08. The molecule has 25 heavy (non-hydrogen) atoms. The predicted molar refractivity (Wildman–Crippen MR) is 98.5 cm³/mol. The molecule has 0 atom stereocenters. The quantitative estimate of drug-likeness (QED) is 0.460. The molecule has 0 aliphatic rings. The molecular weight excluding hydrogens is 340 g/mol. The van der Waals surface area contributed by atoms with Crippen molar-refractivity contribution < 1.29 is 19.0 Å².